The van der Waals surface area contributed by atoms with Crippen LogP contribution < -0.4 is 5.32 Å². The number of carbonyl (C=O) groups is 1. The van der Waals surface area contributed by atoms with Crippen molar-refractivity contribution in [3.63, 3.8) is 0 Å². The third-order valence-electron chi connectivity index (χ3n) is 4.71. The minimum absolute atomic E-state index is 0.00346. The van der Waals surface area contributed by atoms with Gasteiger partial charge >= 0.3 is 0 Å². The second-order valence-corrected chi connectivity index (χ2v) is 6.51. The number of nitrogens with zero attached hydrogens (tertiary/aromatic N) is 2. The Hall–Kier alpha value is -2.24. The third-order valence-corrected chi connectivity index (χ3v) is 4.71. The SMILES string of the molecule is O=C(NCC(O)c1ccncc1)C1CCCCN1Cc1ccccc1. The van der Waals surface area contributed by atoms with Crippen LogP contribution in [0.25, 0.3) is 0 Å². The lowest BCUT2D eigenvalue weighted by molar-refractivity contribution is -0.128. The lowest BCUT2D eigenvalue weighted by Crippen LogP contribution is -2.49. The van der Waals surface area contributed by atoms with Crippen molar-refractivity contribution in [3.8, 4) is 0 Å². The van der Waals surface area contributed by atoms with E-state index in [1.54, 1.807) is 24.5 Å². The number of pyridine rings is 1. The maximum Gasteiger partial charge on any atom is 0.237 e. The highest BCUT2D eigenvalue weighted by Crippen LogP contribution is 2.20. The number of rotatable bonds is 6. The van der Waals surface area contributed by atoms with Crippen LogP contribution in [0.4, 0.5) is 0 Å². The molecular weight excluding hydrogens is 314 g/mol. The van der Waals surface area contributed by atoms with Crippen LogP contribution in [0.3, 0.4) is 0 Å². The van der Waals surface area contributed by atoms with Crippen LogP contribution in [-0.4, -0.2) is 40.0 Å². The smallest absolute Gasteiger partial charge is 0.237 e. The zero-order valence-corrected chi connectivity index (χ0v) is 14.3. The molecule has 2 unspecified atom stereocenters. The van der Waals surface area contributed by atoms with Gasteiger partial charge in [-0.3, -0.25) is 14.7 Å². The summed E-state index contributed by atoms with van der Waals surface area (Å²) >= 11 is 0. The molecule has 0 spiro atoms. The molecule has 5 nitrogen and oxygen atoms in total. The molecule has 2 atom stereocenters. The van der Waals surface area contributed by atoms with Crippen LogP contribution in [0.1, 0.15) is 36.5 Å². The van der Waals surface area contributed by atoms with Gasteiger partial charge in [-0.25, -0.2) is 0 Å². The van der Waals surface area contributed by atoms with Crippen molar-refractivity contribution in [2.24, 2.45) is 0 Å². The molecule has 1 aliphatic rings. The molecule has 25 heavy (non-hydrogen) atoms. The lowest BCUT2D eigenvalue weighted by Gasteiger charge is -2.34. The van der Waals surface area contributed by atoms with Crippen molar-refractivity contribution >= 4 is 5.91 Å². The fraction of sp³-hybridized carbons (Fsp3) is 0.400. The number of piperidine rings is 1. The molecule has 2 aromatic rings. The van der Waals surface area contributed by atoms with Gasteiger partial charge in [-0.1, -0.05) is 36.8 Å². The van der Waals surface area contributed by atoms with Gasteiger partial charge in [0.1, 0.15) is 0 Å². The third kappa shape index (κ3) is 4.87. The van der Waals surface area contributed by atoms with Crippen molar-refractivity contribution in [3.05, 3.63) is 66.0 Å². The summed E-state index contributed by atoms with van der Waals surface area (Å²) in [7, 11) is 0. The van der Waals surface area contributed by atoms with Crippen molar-refractivity contribution in [2.45, 2.75) is 38.0 Å². The monoisotopic (exact) mass is 339 g/mol. The first-order chi connectivity index (χ1) is 12.2. The van der Waals surface area contributed by atoms with Crippen LogP contribution in [0.5, 0.6) is 0 Å². The van der Waals surface area contributed by atoms with E-state index in [1.165, 1.54) is 5.56 Å². The van der Waals surface area contributed by atoms with E-state index < -0.39 is 6.10 Å². The summed E-state index contributed by atoms with van der Waals surface area (Å²) in [6, 6.07) is 13.6. The van der Waals surface area contributed by atoms with Crippen molar-refractivity contribution in [1.29, 1.82) is 0 Å². The summed E-state index contributed by atoms with van der Waals surface area (Å²) in [5, 5.41) is 13.1. The van der Waals surface area contributed by atoms with Gasteiger partial charge in [0.25, 0.3) is 0 Å². The molecule has 1 saturated heterocycles. The summed E-state index contributed by atoms with van der Waals surface area (Å²) in [4.78, 5) is 18.8. The van der Waals surface area contributed by atoms with E-state index in [9.17, 15) is 9.90 Å². The van der Waals surface area contributed by atoms with Gasteiger partial charge in [-0.2, -0.15) is 0 Å². The van der Waals surface area contributed by atoms with Crippen LogP contribution in [0.2, 0.25) is 0 Å². The summed E-state index contributed by atoms with van der Waals surface area (Å²) in [6.07, 6.45) is 5.63. The molecule has 2 heterocycles. The highest BCUT2D eigenvalue weighted by atomic mass is 16.3. The number of carbonyl (C=O) groups excluding carboxylic acids is 1. The zero-order valence-electron chi connectivity index (χ0n) is 14.3. The summed E-state index contributed by atoms with van der Waals surface area (Å²) in [6.45, 7) is 1.93. The molecule has 1 fully saturated rings. The van der Waals surface area contributed by atoms with Gasteiger partial charge in [-0.15, -0.1) is 0 Å². The number of aromatic nitrogens is 1. The fourth-order valence-corrected chi connectivity index (χ4v) is 3.31. The maximum atomic E-state index is 12.7. The van der Waals surface area contributed by atoms with Crippen LogP contribution in [-0.2, 0) is 11.3 Å². The summed E-state index contributed by atoms with van der Waals surface area (Å²) in [5.41, 5.74) is 1.99. The molecule has 1 aliphatic heterocycles. The number of likely N-dealkylation sites (tertiary alicyclic amines) is 1. The normalized spacial score (nSPS) is 19.3. The second kappa shape index (κ2) is 8.74. The van der Waals surface area contributed by atoms with Crippen molar-refractivity contribution < 1.29 is 9.90 Å². The Morgan fingerprint density at radius 2 is 1.96 bits per heavy atom. The minimum atomic E-state index is -0.710. The molecule has 1 aromatic heterocycles. The number of hydrogen-bond acceptors (Lipinski definition) is 4. The summed E-state index contributed by atoms with van der Waals surface area (Å²) in [5.74, 6) is 0.00346. The van der Waals surface area contributed by atoms with Crippen LogP contribution in [0.15, 0.2) is 54.9 Å². The largest absolute Gasteiger partial charge is 0.387 e. The van der Waals surface area contributed by atoms with Gasteiger partial charge in [0, 0.05) is 25.5 Å². The fourth-order valence-electron chi connectivity index (χ4n) is 3.31. The number of amides is 1. The molecule has 0 aliphatic carbocycles. The Morgan fingerprint density at radius 3 is 2.72 bits per heavy atom. The molecule has 1 amide bonds. The van der Waals surface area contributed by atoms with Gasteiger partial charge in [0.2, 0.25) is 5.91 Å². The van der Waals surface area contributed by atoms with Crippen LogP contribution >= 0.6 is 0 Å². The highest BCUT2D eigenvalue weighted by molar-refractivity contribution is 5.81. The molecule has 2 N–H and O–H groups in total. The molecule has 0 bridgehead atoms. The first-order valence-electron chi connectivity index (χ1n) is 8.88. The molecule has 132 valence electrons. The maximum absolute atomic E-state index is 12.7. The quantitative estimate of drug-likeness (QED) is 0.847. The van der Waals surface area contributed by atoms with Crippen molar-refractivity contribution in [1.82, 2.24) is 15.2 Å². The van der Waals surface area contributed by atoms with E-state index in [4.69, 9.17) is 0 Å². The Labute approximate surface area is 148 Å². The predicted molar refractivity (Wildman–Crippen MR) is 96.7 cm³/mol. The van der Waals surface area contributed by atoms with E-state index >= 15 is 0 Å². The Bertz CT molecular complexity index is 663. The molecular formula is C20H25N3O2. The van der Waals surface area contributed by atoms with E-state index in [0.717, 1.165) is 37.9 Å². The van der Waals surface area contributed by atoms with E-state index in [2.05, 4.69) is 27.3 Å². The molecule has 5 heteroatoms. The zero-order chi connectivity index (χ0) is 17.5. The van der Waals surface area contributed by atoms with Crippen molar-refractivity contribution in [2.75, 3.05) is 13.1 Å². The standard InChI is InChI=1S/C20H25N3O2/c24-19(17-9-11-21-12-10-17)14-22-20(25)18-8-4-5-13-23(18)15-16-6-2-1-3-7-16/h1-3,6-7,9-12,18-19,24H,4-5,8,13-15H2,(H,22,25). The predicted octanol–water partition coefficient (Wildman–Crippen LogP) is 2.29. The Kier molecular flexibility index (Phi) is 6.14. The van der Waals surface area contributed by atoms with E-state index in [0.29, 0.717) is 0 Å². The average molecular weight is 339 g/mol. The van der Waals surface area contributed by atoms with Gasteiger partial charge in [-0.05, 0) is 42.6 Å². The first kappa shape index (κ1) is 17.6. The van der Waals surface area contributed by atoms with Gasteiger partial charge < -0.3 is 10.4 Å². The number of aliphatic hydroxyl groups is 1. The highest BCUT2D eigenvalue weighted by Gasteiger charge is 2.28. The number of hydrogen-bond donors (Lipinski definition) is 2. The Morgan fingerprint density at radius 1 is 1.20 bits per heavy atom. The molecule has 1 aromatic carbocycles. The minimum Gasteiger partial charge on any atom is -0.387 e. The van der Waals surface area contributed by atoms with E-state index in [-0.39, 0.29) is 18.5 Å². The second-order valence-electron chi connectivity index (χ2n) is 6.51. The van der Waals surface area contributed by atoms with Gasteiger partial charge in [0.15, 0.2) is 0 Å². The number of nitrogens with one attached hydrogen (secondary N) is 1. The van der Waals surface area contributed by atoms with E-state index in [1.807, 2.05) is 18.2 Å². The van der Waals surface area contributed by atoms with Crippen LogP contribution in [0, 0.1) is 0 Å². The molecule has 0 radical (unpaired) electrons. The Balaban J connectivity index is 1.57. The first-order valence-corrected chi connectivity index (χ1v) is 8.88. The molecule has 0 saturated carbocycles. The summed E-state index contributed by atoms with van der Waals surface area (Å²) < 4.78 is 0. The number of aliphatic hydroxyl groups excluding tert-OH is 1. The van der Waals surface area contributed by atoms with Gasteiger partial charge in [0.05, 0.1) is 12.1 Å². The number of benzene rings is 1. The molecule has 3 rings (SSSR count). The lowest BCUT2D eigenvalue weighted by atomic mass is 10.00. The topological polar surface area (TPSA) is 65.5 Å². The average Bonchev–Trinajstić information content (AvgIpc) is 2.68.